The number of ether oxygens (including phenoxy) is 1. The normalized spacial score (nSPS) is 10.2. The molecule has 2 N–H and O–H groups in total. The Morgan fingerprint density at radius 2 is 1.96 bits per heavy atom. The number of nitrogens with zero attached hydrogens (tertiary/aromatic N) is 5. The molecular weight excluding hydrogens is 330 g/mol. The van der Waals surface area contributed by atoms with Gasteiger partial charge in [0.2, 0.25) is 11.0 Å². The van der Waals surface area contributed by atoms with Crippen LogP contribution in [0.4, 0.5) is 16.6 Å². The summed E-state index contributed by atoms with van der Waals surface area (Å²) < 4.78 is 5.58. The number of carbonyl (C=O) groups is 1. The van der Waals surface area contributed by atoms with Gasteiger partial charge in [-0.2, -0.15) is 4.98 Å². The predicted molar refractivity (Wildman–Crippen MR) is 88.6 cm³/mol. The molecular formula is C14H13N7O2S. The summed E-state index contributed by atoms with van der Waals surface area (Å²) in [5.41, 5.74) is 2.90. The van der Waals surface area contributed by atoms with Gasteiger partial charge in [0, 0.05) is 12.6 Å². The Balaban J connectivity index is 1.74. The average Bonchev–Trinajstić information content (AvgIpc) is 3.05. The number of hydrogen-bond donors (Lipinski definition) is 2. The minimum atomic E-state index is -0.137. The fraction of sp³-hybridized carbons (Fsp3) is 0.143. The van der Waals surface area contributed by atoms with E-state index in [0.29, 0.717) is 28.1 Å². The molecule has 9 nitrogen and oxygen atoms in total. The SMILES string of the molecule is CC(=O)Nc1ccc(Oc2nnc(C)c(Nc3nncs3)n2)cc1. The molecule has 0 unspecified atom stereocenters. The van der Waals surface area contributed by atoms with Crippen molar-refractivity contribution >= 4 is 33.9 Å². The number of hydrogen-bond acceptors (Lipinski definition) is 9. The summed E-state index contributed by atoms with van der Waals surface area (Å²) in [5, 5.41) is 21.9. The van der Waals surface area contributed by atoms with Crippen LogP contribution in [-0.2, 0) is 4.79 Å². The molecule has 0 spiro atoms. The molecule has 0 radical (unpaired) electrons. The summed E-state index contributed by atoms with van der Waals surface area (Å²) in [6, 6.07) is 6.94. The third-order valence-corrected chi connectivity index (χ3v) is 3.41. The number of anilines is 3. The van der Waals surface area contributed by atoms with E-state index in [-0.39, 0.29) is 11.9 Å². The van der Waals surface area contributed by atoms with Crippen LogP contribution in [0, 0.1) is 6.92 Å². The van der Waals surface area contributed by atoms with Crippen molar-refractivity contribution in [3.63, 3.8) is 0 Å². The zero-order valence-electron chi connectivity index (χ0n) is 12.8. The Hall–Kier alpha value is -3.14. The van der Waals surface area contributed by atoms with Gasteiger partial charge in [0.25, 0.3) is 0 Å². The summed E-state index contributed by atoms with van der Waals surface area (Å²) in [6.45, 7) is 3.22. The van der Waals surface area contributed by atoms with Crippen LogP contribution in [0.3, 0.4) is 0 Å². The quantitative estimate of drug-likeness (QED) is 0.726. The molecule has 0 fully saturated rings. The van der Waals surface area contributed by atoms with Gasteiger partial charge in [-0.15, -0.1) is 15.3 Å². The van der Waals surface area contributed by atoms with Crippen LogP contribution < -0.4 is 15.4 Å². The average molecular weight is 343 g/mol. The van der Waals surface area contributed by atoms with E-state index in [1.165, 1.54) is 18.3 Å². The van der Waals surface area contributed by atoms with E-state index in [4.69, 9.17) is 4.74 Å². The highest BCUT2D eigenvalue weighted by atomic mass is 32.1. The van der Waals surface area contributed by atoms with Crippen LogP contribution >= 0.6 is 11.3 Å². The lowest BCUT2D eigenvalue weighted by atomic mass is 10.3. The van der Waals surface area contributed by atoms with Gasteiger partial charge in [-0.25, -0.2) is 0 Å². The van der Waals surface area contributed by atoms with Crippen molar-refractivity contribution in [2.24, 2.45) is 0 Å². The van der Waals surface area contributed by atoms with E-state index < -0.39 is 0 Å². The number of amides is 1. The van der Waals surface area contributed by atoms with E-state index in [0.717, 1.165) is 0 Å². The van der Waals surface area contributed by atoms with Crippen molar-refractivity contribution in [1.82, 2.24) is 25.4 Å². The van der Waals surface area contributed by atoms with Gasteiger partial charge < -0.3 is 15.4 Å². The highest BCUT2D eigenvalue weighted by Gasteiger charge is 2.09. The van der Waals surface area contributed by atoms with Crippen molar-refractivity contribution in [1.29, 1.82) is 0 Å². The molecule has 0 aliphatic rings. The van der Waals surface area contributed by atoms with E-state index in [2.05, 4.69) is 36.0 Å². The van der Waals surface area contributed by atoms with Gasteiger partial charge in [0.15, 0.2) is 5.82 Å². The minimum Gasteiger partial charge on any atom is -0.423 e. The van der Waals surface area contributed by atoms with Gasteiger partial charge in [-0.3, -0.25) is 4.79 Å². The van der Waals surface area contributed by atoms with Gasteiger partial charge in [-0.05, 0) is 31.2 Å². The largest absolute Gasteiger partial charge is 0.423 e. The number of aryl methyl sites for hydroxylation is 1. The summed E-state index contributed by atoms with van der Waals surface area (Å²) in [4.78, 5) is 15.3. The summed E-state index contributed by atoms with van der Waals surface area (Å²) in [5.74, 6) is 0.880. The monoisotopic (exact) mass is 343 g/mol. The minimum absolute atomic E-state index is 0.0971. The molecule has 10 heteroatoms. The van der Waals surface area contributed by atoms with Crippen molar-refractivity contribution in [3.8, 4) is 11.8 Å². The van der Waals surface area contributed by atoms with Crippen LogP contribution in [0.15, 0.2) is 29.8 Å². The van der Waals surface area contributed by atoms with Crippen molar-refractivity contribution in [3.05, 3.63) is 35.5 Å². The zero-order valence-corrected chi connectivity index (χ0v) is 13.7. The first kappa shape index (κ1) is 15.7. The highest BCUT2D eigenvalue weighted by Crippen LogP contribution is 2.23. The number of nitrogens with one attached hydrogen (secondary N) is 2. The second-order valence-corrected chi connectivity index (χ2v) is 5.54. The van der Waals surface area contributed by atoms with Crippen LogP contribution in [0.5, 0.6) is 11.8 Å². The third-order valence-electron chi connectivity index (χ3n) is 2.80. The smallest absolute Gasteiger partial charge is 0.343 e. The van der Waals surface area contributed by atoms with Crippen LogP contribution in [-0.4, -0.2) is 31.3 Å². The molecule has 0 bridgehead atoms. The molecule has 0 saturated carbocycles. The van der Waals surface area contributed by atoms with Gasteiger partial charge in [-0.1, -0.05) is 16.4 Å². The molecule has 1 aromatic carbocycles. The molecule has 0 aliphatic heterocycles. The van der Waals surface area contributed by atoms with E-state index in [1.807, 2.05) is 0 Å². The summed E-state index contributed by atoms with van der Waals surface area (Å²) in [6.07, 6.45) is 0. The second-order valence-electron chi connectivity index (χ2n) is 4.70. The number of benzene rings is 1. The van der Waals surface area contributed by atoms with E-state index in [9.17, 15) is 4.79 Å². The van der Waals surface area contributed by atoms with E-state index in [1.54, 1.807) is 36.7 Å². The van der Waals surface area contributed by atoms with Crippen LogP contribution in [0.2, 0.25) is 0 Å². The molecule has 1 amide bonds. The molecule has 24 heavy (non-hydrogen) atoms. The fourth-order valence-corrected chi connectivity index (χ4v) is 2.21. The van der Waals surface area contributed by atoms with Gasteiger partial charge in [0.05, 0.1) is 0 Å². The Labute approximate surface area is 141 Å². The fourth-order valence-electron chi connectivity index (χ4n) is 1.77. The maximum absolute atomic E-state index is 11.0. The Kier molecular flexibility index (Phi) is 4.57. The topological polar surface area (TPSA) is 115 Å². The molecule has 3 rings (SSSR count). The van der Waals surface area contributed by atoms with Crippen LogP contribution in [0.25, 0.3) is 0 Å². The first-order chi connectivity index (χ1) is 11.6. The maximum atomic E-state index is 11.0. The first-order valence-electron chi connectivity index (χ1n) is 6.90. The third kappa shape index (κ3) is 3.98. The number of aromatic nitrogens is 5. The predicted octanol–water partition coefficient (Wildman–Crippen LogP) is 2.53. The molecule has 2 heterocycles. The number of carbonyl (C=O) groups excluding carboxylic acids is 1. The molecule has 3 aromatic rings. The Bertz CT molecular complexity index is 837. The molecule has 0 saturated heterocycles. The van der Waals surface area contributed by atoms with Gasteiger partial charge >= 0.3 is 6.01 Å². The number of rotatable bonds is 5. The highest BCUT2D eigenvalue weighted by molar-refractivity contribution is 7.13. The molecule has 2 aromatic heterocycles. The first-order valence-corrected chi connectivity index (χ1v) is 7.78. The summed E-state index contributed by atoms with van der Waals surface area (Å²) >= 11 is 1.35. The van der Waals surface area contributed by atoms with Crippen LogP contribution in [0.1, 0.15) is 12.6 Å². The molecule has 0 aliphatic carbocycles. The van der Waals surface area contributed by atoms with Crippen molar-refractivity contribution < 1.29 is 9.53 Å². The standard InChI is InChI=1S/C14H13N7O2S/c1-8-12(18-14-21-15-7-24-14)17-13(20-19-8)23-11-5-3-10(4-6-11)16-9(2)22/h3-7H,1-2H3,(H,16,22)(H,17,18,20,21). The van der Waals surface area contributed by atoms with Gasteiger partial charge in [0.1, 0.15) is 17.0 Å². The summed E-state index contributed by atoms with van der Waals surface area (Å²) in [7, 11) is 0. The second kappa shape index (κ2) is 6.96. The lowest BCUT2D eigenvalue weighted by molar-refractivity contribution is -0.114. The van der Waals surface area contributed by atoms with Crippen molar-refractivity contribution in [2.45, 2.75) is 13.8 Å². The lowest BCUT2D eigenvalue weighted by Crippen LogP contribution is -2.05. The maximum Gasteiger partial charge on any atom is 0.343 e. The van der Waals surface area contributed by atoms with Crippen molar-refractivity contribution in [2.75, 3.05) is 10.6 Å². The lowest BCUT2D eigenvalue weighted by Gasteiger charge is -2.08. The molecule has 122 valence electrons. The van der Waals surface area contributed by atoms with E-state index >= 15 is 0 Å². The Morgan fingerprint density at radius 3 is 2.62 bits per heavy atom. The zero-order chi connectivity index (χ0) is 16.9. The molecule has 0 atom stereocenters. The Morgan fingerprint density at radius 1 is 1.17 bits per heavy atom.